The second kappa shape index (κ2) is 5.49. The molecule has 4 aromatic rings. The highest BCUT2D eigenvalue weighted by Gasteiger charge is 2.34. The quantitative estimate of drug-likeness (QED) is 0.406. The van der Waals surface area contributed by atoms with Crippen molar-refractivity contribution in [1.82, 2.24) is 4.98 Å². The first kappa shape index (κ1) is 15.7. The van der Waals surface area contributed by atoms with Gasteiger partial charge in [-0.05, 0) is 43.7 Å². The van der Waals surface area contributed by atoms with Gasteiger partial charge in [0.2, 0.25) is 5.71 Å². The van der Waals surface area contributed by atoms with E-state index in [1.54, 1.807) is 6.20 Å². The molecule has 0 saturated carbocycles. The predicted molar refractivity (Wildman–Crippen MR) is 109 cm³/mol. The summed E-state index contributed by atoms with van der Waals surface area (Å²) < 4.78 is 6.20. The van der Waals surface area contributed by atoms with Crippen LogP contribution in [0.2, 0.25) is 0 Å². The first-order valence-electron chi connectivity index (χ1n) is 8.90. The van der Waals surface area contributed by atoms with Crippen molar-refractivity contribution >= 4 is 44.8 Å². The molecule has 0 saturated heterocycles. The van der Waals surface area contributed by atoms with Gasteiger partial charge in [-0.1, -0.05) is 18.2 Å². The van der Waals surface area contributed by atoms with E-state index in [2.05, 4.69) is 52.7 Å². The molecule has 0 unspecified atom stereocenters. The minimum absolute atomic E-state index is 0.103. The summed E-state index contributed by atoms with van der Waals surface area (Å²) in [5.74, 6) is 0. The molecule has 1 aliphatic heterocycles. The molecule has 0 aliphatic carbocycles. The largest absolute Gasteiger partial charge is 0.435 e. The highest BCUT2D eigenvalue weighted by Crippen LogP contribution is 2.48. The molecule has 5 heteroatoms. The van der Waals surface area contributed by atoms with Crippen LogP contribution in [0.1, 0.15) is 12.5 Å². The van der Waals surface area contributed by atoms with Gasteiger partial charge < -0.3 is 14.2 Å². The Labute approximate surface area is 157 Å². The molecule has 0 bridgehead atoms. The van der Waals surface area contributed by atoms with Gasteiger partial charge in [0, 0.05) is 24.0 Å². The molecule has 5 nitrogen and oxygen atoms in total. The summed E-state index contributed by atoms with van der Waals surface area (Å²) in [7, 11) is 2.08. The normalized spacial score (nSPS) is 16.1. The first-order valence-corrected chi connectivity index (χ1v) is 8.90. The van der Waals surface area contributed by atoms with Crippen molar-refractivity contribution in [2.45, 2.75) is 20.0 Å². The molecular weight excluding hydrogens is 336 g/mol. The molecule has 27 heavy (non-hydrogen) atoms. The lowest BCUT2D eigenvalue weighted by molar-refractivity contribution is 0.648. The Bertz CT molecular complexity index is 1250. The van der Waals surface area contributed by atoms with Crippen LogP contribution in [0.5, 0.6) is 0 Å². The number of hydrogen-bond donors (Lipinski definition) is 0. The SMILES string of the molecule is [C-]#[N+]c1ccc2c(c1)N(c1c(C)ccc3c1oc1ncccc13)[C@@H](C)N2C. The lowest BCUT2D eigenvalue weighted by Gasteiger charge is -2.29. The van der Waals surface area contributed by atoms with E-state index in [1.807, 2.05) is 30.3 Å². The number of hydrogen-bond acceptors (Lipinski definition) is 4. The molecule has 0 radical (unpaired) electrons. The van der Waals surface area contributed by atoms with E-state index in [0.717, 1.165) is 39.0 Å². The average molecular weight is 354 g/mol. The number of rotatable bonds is 1. The van der Waals surface area contributed by atoms with E-state index in [-0.39, 0.29) is 6.17 Å². The van der Waals surface area contributed by atoms with Crippen molar-refractivity contribution in [3.05, 3.63) is 65.6 Å². The van der Waals surface area contributed by atoms with E-state index in [9.17, 15) is 0 Å². The van der Waals surface area contributed by atoms with Crippen molar-refractivity contribution in [3.8, 4) is 0 Å². The van der Waals surface area contributed by atoms with Gasteiger partial charge in [-0.15, -0.1) is 0 Å². The molecule has 0 N–H and O–H groups in total. The summed E-state index contributed by atoms with van der Waals surface area (Å²) in [6.45, 7) is 11.6. The van der Waals surface area contributed by atoms with Crippen molar-refractivity contribution < 1.29 is 4.42 Å². The summed E-state index contributed by atoms with van der Waals surface area (Å²) in [6, 6.07) is 14.1. The maximum Gasteiger partial charge on any atom is 0.227 e. The van der Waals surface area contributed by atoms with E-state index >= 15 is 0 Å². The van der Waals surface area contributed by atoms with Gasteiger partial charge in [0.1, 0.15) is 6.17 Å². The number of furan rings is 1. The van der Waals surface area contributed by atoms with Crippen molar-refractivity contribution in [2.24, 2.45) is 0 Å². The minimum Gasteiger partial charge on any atom is -0.435 e. The lowest BCUT2D eigenvalue weighted by Crippen LogP contribution is -2.36. The van der Waals surface area contributed by atoms with Crippen LogP contribution in [0.25, 0.3) is 26.9 Å². The Morgan fingerprint density at radius 2 is 1.96 bits per heavy atom. The molecule has 1 aliphatic rings. The van der Waals surface area contributed by atoms with Crippen LogP contribution in [0.3, 0.4) is 0 Å². The highest BCUT2D eigenvalue weighted by atomic mass is 16.3. The third kappa shape index (κ3) is 2.07. The number of aromatic nitrogens is 1. The van der Waals surface area contributed by atoms with Gasteiger partial charge in [-0.3, -0.25) is 0 Å². The highest BCUT2D eigenvalue weighted by molar-refractivity contribution is 6.10. The smallest absolute Gasteiger partial charge is 0.227 e. The molecule has 1 atom stereocenters. The number of fused-ring (bicyclic) bond motifs is 4. The molecule has 0 fully saturated rings. The zero-order valence-electron chi connectivity index (χ0n) is 15.4. The van der Waals surface area contributed by atoms with Gasteiger partial charge in [0.25, 0.3) is 0 Å². The number of benzene rings is 2. The van der Waals surface area contributed by atoms with Crippen molar-refractivity contribution in [1.29, 1.82) is 0 Å². The van der Waals surface area contributed by atoms with E-state index in [4.69, 9.17) is 11.0 Å². The zero-order chi connectivity index (χ0) is 18.7. The summed E-state index contributed by atoms with van der Waals surface area (Å²) in [5.41, 5.74) is 6.42. The first-order chi connectivity index (χ1) is 13.1. The van der Waals surface area contributed by atoms with Gasteiger partial charge >= 0.3 is 0 Å². The number of aryl methyl sites for hydroxylation is 1. The fourth-order valence-electron chi connectivity index (χ4n) is 4.01. The topological polar surface area (TPSA) is 36.9 Å². The molecule has 0 spiro atoms. The number of pyridine rings is 1. The average Bonchev–Trinajstić information content (AvgIpc) is 3.18. The molecule has 0 amide bonds. The van der Waals surface area contributed by atoms with Crippen LogP contribution in [0.4, 0.5) is 22.7 Å². The van der Waals surface area contributed by atoms with Crippen LogP contribution in [0, 0.1) is 13.5 Å². The molecular formula is C22H18N4O. The third-order valence-electron chi connectivity index (χ3n) is 5.50. The molecule has 5 rings (SSSR count). The summed E-state index contributed by atoms with van der Waals surface area (Å²) in [4.78, 5) is 12.5. The molecule has 3 heterocycles. The van der Waals surface area contributed by atoms with Crippen LogP contribution in [-0.2, 0) is 0 Å². The number of anilines is 3. The van der Waals surface area contributed by atoms with Crippen LogP contribution >= 0.6 is 0 Å². The van der Waals surface area contributed by atoms with Crippen LogP contribution < -0.4 is 9.80 Å². The van der Waals surface area contributed by atoms with Gasteiger partial charge in [0.05, 0.1) is 23.6 Å². The zero-order valence-corrected chi connectivity index (χ0v) is 15.4. The fraction of sp³-hybridized carbons (Fsp3) is 0.182. The van der Waals surface area contributed by atoms with Crippen molar-refractivity contribution in [3.63, 3.8) is 0 Å². The second-order valence-corrected chi connectivity index (χ2v) is 6.96. The van der Waals surface area contributed by atoms with E-state index in [0.29, 0.717) is 11.4 Å². The predicted octanol–water partition coefficient (Wildman–Crippen LogP) is 5.77. The Hall–Kier alpha value is -3.52. The summed E-state index contributed by atoms with van der Waals surface area (Å²) in [5, 5.41) is 2.08. The van der Waals surface area contributed by atoms with Crippen molar-refractivity contribution in [2.75, 3.05) is 16.8 Å². The molecule has 132 valence electrons. The summed E-state index contributed by atoms with van der Waals surface area (Å²) in [6.07, 6.45) is 1.85. The maximum absolute atomic E-state index is 7.39. The molecule has 2 aromatic heterocycles. The van der Waals surface area contributed by atoms with Gasteiger partial charge in [-0.25, -0.2) is 9.83 Å². The standard InChI is InChI=1S/C22H18N4O/c1-13-7-9-16-17-6-5-11-24-22(17)27-21(16)20(13)26-14(2)25(4)18-10-8-15(23-3)12-19(18)26/h5-12,14H,1-2,4H3/t14-/m0/s1. The fourth-order valence-corrected chi connectivity index (χ4v) is 4.01. The van der Waals surface area contributed by atoms with Crippen LogP contribution in [0.15, 0.2) is 53.1 Å². The Kier molecular flexibility index (Phi) is 3.19. The van der Waals surface area contributed by atoms with Gasteiger partial charge in [0.15, 0.2) is 11.3 Å². The minimum atomic E-state index is 0.103. The monoisotopic (exact) mass is 354 g/mol. The summed E-state index contributed by atoms with van der Waals surface area (Å²) >= 11 is 0. The van der Waals surface area contributed by atoms with E-state index in [1.165, 1.54) is 0 Å². The molecule has 2 aromatic carbocycles. The Balaban J connectivity index is 1.84. The Morgan fingerprint density at radius 1 is 1.11 bits per heavy atom. The van der Waals surface area contributed by atoms with Crippen LogP contribution in [-0.4, -0.2) is 18.2 Å². The second-order valence-electron chi connectivity index (χ2n) is 6.96. The lowest BCUT2D eigenvalue weighted by atomic mass is 10.1. The number of nitrogens with zero attached hydrogens (tertiary/aromatic N) is 4. The Morgan fingerprint density at radius 3 is 2.78 bits per heavy atom. The van der Waals surface area contributed by atoms with Gasteiger partial charge in [-0.2, -0.15) is 0 Å². The maximum atomic E-state index is 7.39. The third-order valence-corrected chi connectivity index (χ3v) is 5.50. The van der Waals surface area contributed by atoms with E-state index < -0.39 is 0 Å².